The summed E-state index contributed by atoms with van der Waals surface area (Å²) in [5.41, 5.74) is 2.82. The standard InChI is InChI=1S/C13H10ClNS2/c1-17-11-5-2-9(3-6-11)12-7-4-10(15-16)8-13(12)14/h2-8H,1H3. The van der Waals surface area contributed by atoms with E-state index >= 15 is 0 Å². The zero-order valence-corrected chi connectivity index (χ0v) is 11.6. The molecule has 4 heteroatoms. The van der Waals surface area contributed by atoms with E-state index in [0.29, 0.717) is 5.02 Å². The van der Waals surface area contributed by atoms with E-state index in [4.69, 9.17) is 11.6 Å². The molecule has 0 aliphatic carbocycles. The Morgan fingerprint density at radius 1 is 1.12 bits per heavy atom. The van der Waals surface area contributed by atoms with Gasteiger partial charge in [0.15, 0.2) is 0 Å². The zero-order valence-electron chi connectivity index (χ0n) is 9.18. The summed E-state index contributed by atoms with van der Waals surface area (Å²) in [6.07, 6.45) is 2.06. The highest BCUT2D eigenvalue weighted by Crippen LogP contribution is 2.32. The highest BCUT2D eigenvalue weighted by molar-refractivity contribution is 7.98. The van der Waals surface area contributed by atoms with Crippen LogP contribution in [-0.4, -0.2) is 6.26 Å². The van der Waals surface area contributed by atoms with Crippen molar-refractivity contribution in [3.8, 4) is 11.1 Å². The Labute approximate surface area is 115 Å². The molecular weight excluding hydrogens is 270 g/mol. The van der Waals surface area contributed by atoms with E-state index in [1.807, 2.05) is 12.1 Å². The molecular formula is C13H10ClNS2. The Balaban J connectivity index is 2.41. The second kappa shape index (κ2) is 5.63. The normalized spacial score (nSPS) is 10.2. The molecule has 86 valence electrons. The van der Waals surface area contributed by atoms with Crippen LogP contribution in [0, 0.1) is 0 Å². The first-order chi connectivity index (χ1) is 8.24. The lowest BCUT2D eigenvalue weighted by atomic mass is 10.1. The van der Waals surface area contributed by atoms with Gasteiger partial charge >= 0.3 is 0 Å². The molecule has 0 aliphatic heterocycles. The number of hydrogen-bond acceptors (Lipinski definition) is 3. The summed E-state index contributed by atoms with van der Waals surface area (Å²) >= 11 is 12.6. The molecule has 0 aromatic heterocycles. The van der Waals surface area contributed by atoms with Crippen LogP contribution in [0.4, 0.5) is 5.69 Å². The summed E-state index contributed by atoms with van der Waals surface area (Å²) in [5, 5.41) is 0.674. The minimum Gasteiger partial charge on any atom is -0.182 e. The van der Waals surface area contributed by atoms with E-state index in [1.54, 1.807) is 17.8 Å². The van der Waals surface area contributed by atoms with Gasteiger partial charge in [0.25, 0.3) is 0 Å². The van der Waals surface area contributed by atoms with E-state index < -0.39 is 0 Å². The minimum absolute atomic E-state index is 0.674. The summed E-state index contributed by atoms with van der Waals surface area (Å²) < 4.78 is 3.69. The van der Waals surface area contributed by atoms with Crippen LogP contribution in [0.25, 0.3) is 11.1 Å². The van der Waals surface area contributed by atoms with Gasteiger partial charge in [0.05, 0.1) is 10.7 Å². The van der Waals surface area contributed by atoms with Crippen molar-refractivity contribution in [3.05, 3.63) is 47.5 Å². The molecule has 0 amide bonds. The molecule has 1 nitrogen and oxygen atoms in total. The molecule has 2 aromatic carbocycles. The van der Waals surface area contributed by atoms with Gasteiger partial charge < -0.3 is 0 Å². The van der Waals surface area contributed by atoms with Gasteiger partial charge in [-0.3, -0.25) is 0 Å². The molecule has 0 N–H and O–H groups in total. The second-order valence-corrected chi connectivity index (χ2v) is 4.95. The number of thioether (sulfide) groups is 1. The van der Waals surface area contributed by atoms with Gasteiger partial charge in [-0.05, 0) is 36.1 Å². The van der Waals surface area contributed by atoms with Gasteiger partial charge in [0.2, 0.25) is 0 Å². The number of benzene rings is 2. The van der Waals surface area contributed by atoms with E-state index in [1.165, 1.54) is 4.90 Å². The lowest BCUT2D eigenvalue weighted by Gasteiger charge is -2.06. The summed E-state index contributed by atoms with van der Waals surface area (Å²) in [4.78, 5) is 1.24. The maximum absolute atomic E-state index is 6.20. The molecule has 0 atom stereocenters. The first-order valence-electron chi connectivity index (χ1n) is 5.02. The average Bonchev–Trinajstić information content (AvgIpc) is 2.39. The third-order valence-corrected chi connectivity index (χ3v) is 3.73. The Morgan fingerprint density at radius 3 is 2.35 bits per heavy atom. The minimum atomic E-state index is 0.674. The van der Waals surface area contributed by atoms with Crippen molar-refractivity contribution in [2.45, 2.75) is 4.90 Å². The fourth-order valence-electron chi connectivity index (χ4n) is 1.57. The molecule has 2 rings (SSSR count). The van der Waals surface area contributed by atoms with Crippen molar-refractivity contribution >= 4 is 41.5 Å². The Hall–Kier alpha value is -0.900. The number of rotatable bonds is 3. The molecule has 0 fully saturated rings. The number of halogens is 1. The molecule has 0 radical (unpaired) electrons. The summed E-state index contributed by atoms with van der Waals surface area (Å²) in [6.45, 7) is 0. The van der Waals surface area contributed by atoms with Crippen LogP contribution in [0.5, 0.6) is 0 Å². The Bertz CT molecular complexity index is 538. The van der Waals surface area contributed by atoms with E-state index in [2.05, 4.69) is 47.3 Å². The van der Waals surface area contributed by atoms with Crippen LogP contribution in [0.3, 0.4) is 0 Å². The maximum Gasteiger partial charge on any atom is 0.0784 e. The number of nitrogens with zero attached hydrogens (tertiary/aromatic N) is 1. The third kappa shape index (κ3) is 2.86. The van der Waals surface area contributed by atoms with Crippen LogP contribution in [0.1, 0.15) is 0 Å². The monoisotopic (exact) mass is 279 g/mol. The molecule has 0 bridgehead atoms. The third-order valence-electron chi connectivity index (χ3n) is 2.46. The molecule has 0 heterocycles. The number of hydrogen-bond donors (Lipinski definition) is 0. The molecule has 0 spiro atoms. The van der Waals surface area contributed by atoms with Crippen molar-refractivity contribution in [2.75, 3.05) is 6.26 Å². The molecule has 2 aromatic rings. The summed E-state index contributed by atoms with van der Waals surface area (Å²) in [7, 11) is 0. The average molecular weight is 280 g/mol. The highest BCUT2D eigenvalue weighted by atomic mass is 35.5. The predicted octanol–water partition coefficient (Wildman–Crippen LogP) is 5.09. The SMILES string of the molecule is CSc1ccc(-c2ccc(N=S)cc2Cl)cc1. The molecule has 0 saturated carbocycles. The fraction of sp³-hybridized carbons (Fsp3) is 0.0769. The topological polar surface area (TPSA) is 12.4 Å². The Kier molecular flexibility index (Phi) is 4.15. The van der Waals surface area contributed by atoms with Gasteiger partial charge in [0.1, 0.15) is 0 Å². The molecule has 0 unspecified atom stereocenters. The van der Waals surface area contributed by atoms with E-state index in [9.17, 15) is 0 Å². The van der Waals surface area contributed by atoms with Gasteiger partial charge in [-0.25, -0.2) is 0 Å². The van der Waals surface area contributed by atoms with Crippen LogP contribution in [0.15, 0.2) is 51.7 Å². The lowest BCUT2D eigenvalue weighted by Crippen LogP contribution is -1.79. The van der Waals surface area contributed by atoms with Crippen molar-refractivity contribution in [2.24, 2.45) is 4.36 Å². The van der Waals surface area contributed by atoms with Crippen LogP contribution < -0.4 is 0 Å². The predicted molar refractivity (Wildman–Crippen MR) is 78.1 cm³/mol. The van der Waals surface area contributed by atoms with E-state index in [0.717, 1.165) is 16.8 Å². The van der Waals surface area contributed by atoms with Crippen molar-refractivity contribution in [1.82, 2.24) is 0 Å². The van der Waals surface area contributed by atoms with Gasteiger partial charge in [-0.2, -0.15) is 4.36 Å². The van der Waals surface area contributed by atoms with Gasteiger partial charge in [0, 0.05) is 22.9 Å². The first-order valence-corrected chi connectivity index (χ1v) is 6.98. The van der Waals surface area contributed by atoms with Crippen LogP contribution in [0.2, 0.25) is 5.02 Å². The van der Waals surface area contributed by atoms with Gasteiger partial charge in [-0.1, -0.05) is 29.8 Å². The largest absolute Gasteiger partial charge is 0.182 e. The zero-order chi connectivity index (χ0) is 12.3. The van der Waals surface area contributed by atoms with Gasteiger partial charge in [-0.15, -0.1) is 11.8 Å². The summed E-state index contributed by atoms with van der Waals surface area (Å²) in [6, 6.07) is 13.9. The van der Waals surface area contributed by atoms with Crippen LogP contribution >= 0.6 is 23.4 Å². The summed E-state index contributed by atoms with van der Waals surface area (Å²) in [5.74, 6) is 0. The van der Waals surface area contributed by atoms with E-state index in [-0.39, 0.29) is 0 Å². The fourth-order valence-corrected chi connectivity index (χ4v) is 2.37. The van der Waals surface area contributed by atoms with Crippen molar-refractivity contribution in [1.29, 1.82) is 0 Å². The molecule has 0 saturated heterocycles. The highest BCUT2D eigenvalue weighted by Gasteiger charge is 2.04. The smallest absolute Gasteiger partial charge is 0.0784 e. The van der Waals surface area contributed by atoms with Crippen LogP contribution in [-0.2, 0) is 12.4 Å². The second-order valence-electron chi connectivity index (χ2n) is 3.48. The molecule has 17 heavy (non-hydrogen) atoms. The molecule has 0 aliphatic rings. The van der Waals surface area contributed by atoms with Crippen molar-refractivity contribution < 1.29 is 0 Å². The lowest BCUT2D eigenvalue weighted by molar-refractivity contribution is 1.46. The first kappa shape index (κ1) is 12.6. The van der Waals surface area contributed by atoms with Crippen molar-refractivity contribution in [3.63, 3.8) is 0 Å². The Morgan fingerprint density at radius 2 is 1.82 bits per heavy atom. The maximum atomic E-state index is 6.20. The quantitative estimate of drug-likeness (QED) is 0.726.